The van der Waals surface area contributed by atoms with Crippen molar-refractivity contribution in [2.75, 3.05) is 24.6 Å². The van der Waals surface area contributed by atoms with E-state index < -0.39 is 15.6 Å². The molecule has 6 nitrogen and oxygen atoms in total. The molecule has 0 amide bonds. The third-order valence-corrected chi connectivity index (χ3v) is 4.44. The number of sulfonamides is 1. The lowest BCUT2D eigenvalue weighted by Gasteiger charge is -2.23. The molecule has 0 aliphatic heterocycles. The van der Waals surface area contributed by atoms with E-state index >= 15 is 0 Å². The highest BCUT2D eigenvalue weighted by Gasteiger charge is 2.18. The summed E-state index contributed by atoms with van der Waals surface area (Å²) < 4.78 is 25.6. The number of nitrogens with one attached hydrogen (secondary N) is 2. The summed E-state index contributed by atoms with van der Waals surface area (Å²) in [7, 11) is -2.16. The third-order valence-electron chi connectivity index (χ3n) is 3.03. The summed E-state index contributed by atoms with van der Waals surface area (Å²) in [6.07, 6.45) is 0.578. The average Bonchev–Trinajstić information content (AvgIpc) is 2.37. The molecule has 1 atom stereocenters. The molecule has 0 saturated heterocycles. The van der Waals surface area contributed by atoms with Gasteiger partial charge in [0.05, 0.1) is 21.9 Å². The van der Waals surface area contributed by atoms with Crippen LogP contribution in [0.15, 0.2) is 23.1 Å². The van der Waals surface area contributed by atoms with Crippen LogP contribution < -0.4 is 15.8 Å². The molecule has 1 aromatic rings. The number of hydrogen-bond acceptors (Lipinski definition) is 5. The molecule has 108 valence electrons. The van der Waals surface area contributed by atoms with Crippen molar-refractivity contribution < 1.29 is 13.5 Å². The van der Waals surface area contributed by atoms with Crippen molar-refractivity contribution in [3.8, 4) is 0 Å². The number of benzene rings is 1. The maximum absolute atomic E-state index is 11.7. The highest BCUT2D eigenvalue weighted by Crippen LogP contribution is 2.23. The van der Waals surface area contributed by atoms with Gasteiger partial charge >= 0.3 is 0 Å². The van der Waals surface area contributed by atoms with Crippen molar-refractivity contribution >= 4 is 21.4 Å². The first-order chi connectivity index (χ1) is 8.72. The molecule has 19 heavy (non-hydrogen) atoms. The predicted molar refractivity (Wildman–Crippen MR) is 76.5 cm³/mol. The number of nitrogens with two attached hydrogens (primary N) is 1. The van der Waals surface area contributed by atoms with Crippen LogP contribution in [0.3, 0.4) is 0 Å². The largest absolute Gasteiger partial charge is 0.397 e. The number of hydrogen-bond donors (Lipinski definition) is 4. The molecule has 5 N–H and O–H groups in total. The highest BCUT2D eigenvalue weighted by atomic mass is 32.2. The Kier molecular flexibility index (Phi) is 4.78. The van der Waals surface area contributed by atoms with Crippen molar-refractivity contribution in [2.45, 2.75) is 30.8 Å². The first kappa shape index (κ1) is 15.7. The van der Waals surface area contributed by atoms with E-state index in [0.29, 0.717) is 17.8 Å². The van der Waals surface area contributed by atoms with E-state index in [4.69, 9.17) is 5.73 Å². The Balaban J connectivity index is 2.99. The Morgan fingerprint density at radius 3 is 2.58 bits per heavy atom. The summed E-state index contributed by atoms with van der Waals surface area (Å²) >= 11 is 0. The van der Waals surface area contributed by atoms with Gasteiger partial charge in [-0.3, -0.25) is 0 Å². The van der Waals surface area contributed by atoms with E-state index in [0.717, 1.165) is 0 Å². The van der Waals surface area contributed by atoms with Crippen LogP contribution in [0, 0.1) is 0 Å². The molecule has 1 aromatic carbocycles. The van der Waals surface area contributed by atoms with Crippen molar-refractivity contribution in [1.29, 1.82) is 0 Å². The molecule has 1 unspecified atom stereocenters. The zero-order chi connectivity index (χ0) is 14.7. The number of rotatable bonds is 6. The molecule has 0 aliphatic rings. The van der Waals surface area contributed by atoms with Gasteiger partial charge in [-0.1, -0.05) is 6.92 Å². The second-order valence-electron chi connectivity index (χ2n) is 4.66. The predicted octanol–water partition coefficient (Wildman–Crippen LogP) is 0.750. The molecule has 1 rings (SSSR count). The van der Waals surface area contributed by atoms with Gasteiger partial charge in [-0.2, -0.15) is 0 Å². The van der Waals surface area contributed by atoms with E-state index in [1.807, 2.05) is 6.92 Å². The summed E-state index contributed by atoms with van der Waals surface area (Å²) in [6.45, 7) is 3.86. The molecule has 7 heteroatoms. The van der Waals surface area contributed by atoms with Gasteiger partial charge < -0.3 is 16.2 Å². The first-order valence-electron chi connectivity index (χ1n) is 6.01. The topological polar surface area (TPSA) is 104 Å². The number of nitrogen functional groups attached to an aromatic ring is 1. The van der Waals surface area contributed by atoms with E-state index in [1.165, 1.54) is 25.2 Å². The van der Waals surface area contributed by atoms with Crippen LogP contribution in [0.1, 0.15) is 20.3 Å². The maximum atomic E-state index is 11.7. The average molecular weight is 287 g/mol. The summed E-state index contributed by atoms with van der Waals surface area (Å²) in [5.41, 5.74) is 5.84. The number of anilines is 2. The number of aliphatic hydroxyl groups is 1. The Labute approximate surface area is 114 Å². The van der Waals surface area contributed by atoms with E-state index in [-0.39, 0.29) is 11.4 Å². The summed E-state index contributed by atoms with van der Waals surface area (Å²) in [5, 5.41) is 12.9. The lowest BCUT2D eigenvalue weighted by Crippen LogP contribution is -2.32. The molecular formula is C12H21N3O3S. The molecule has 0 spiro atoms. The summed E-state index contributed by atoms with van der Waals surface area (Å²) in [4.78, 5) is 0.128. The Bertz CT molecular complexity index is 541. The minimum absolute atomic E-state index is 0.128. The van der Waals surface area contributed by atoms with Gasteiger partial charge in [0.15, 0.2) is 0 Å². The van der Waals surface area contributed by atoms with Crippen LogP contribution in [-0.4, -0.2) is 32.7 Å². The second-order valence-corrected chi connectivity index (χ2v) is 6.55. The fourth-order valence-electron chi connectivity index (χ4n) is 1.38. The van der Waals surface area contributed by atoms with Crippen LogP contribution in [0.2, 0.25) is 0 Å². The van der Waals surface area contributed by atoms with Crippen molar-refractivity contribution in [2.24, 2.45) is 0 Å². The fourth-order valence-corrected chi connectivity index (χ4v) is 2.14. The molecular weight excluding hydrogens is 266 g/mol. The lowest BCUT2D eigenvalue weighted by molar-refractivity contribution is 0.0697. The fraction of sp³-hybridized carbons (Fsp3) is 0.500. The minimum Gasteiger partial charge on any atom is -0.397 e. The van der Waals surface area contributed by atoms with E-state index in [2.05, 4.69) is 10.0 Å². The highest BCUT2D eigenvalue weighted by molar-refractivity contribution is 7.89. The zero-order valence-corrected chi connectivity index (χ0v) is 12.2. The lowest BCUT2D eigenvalue weighted by atomic mass is 10.0. The zero-order valence-electron chi connectivity index (χ0n) is 11.4. The van der Waals surface area contributed by atoms with Gasteiger partial charge in [-0.15, -0.1) is 0 Å². The third kappa shape index (κ3) is 4.09. The minimum atomic E-state index is -3.50. The van der Waals surface area contributed by atoms with Crippen LogP contribution in [0.25, 0.3) is 0 Å². The molecule has 0 saturated carbocycles. The van der Waals surface area contributed by atoms with Crippen molar-refractivity contribution in [1.82, 2.24) is 4.72 Å². The molecule has 0 fully saturated rings. The van der Waals surface area contributed by atoms with E-state index in [1.54, 1.807) is 6.92 Å². The SMILES string of the molecule is CCC(C)(O)CNc1cc(S(=O)(=O)NC)ccc1N. The van der Waals surface area contributed by atoms with Crippen LogP contribution >= 0.6 is 0 Å². The van der Waals surface area contributed by atoms with Crippen LogP contribution in [-0.2, 0) is 10.0 Å². The van der Waals surface area contributed by atoms with E-state index in [9.17, 15) is 13.5 Å². The van der Waals surface area contributed by atoms with Gasteiger partial charge in [0, 0.05) is 6.54 Å². The van der Waals surface area contributed by atoms with Gasteiger partial charge in [-0.05, 0) is 38.6 Å². The van der Waals surface area contributed by atoms with Gasteiger partial charge in [0.25, 0.3) is 0 Å². The smallest absolute Gasteiger partial charge is 0.240 e. The Morgan fingerprint density at radius 2 is 2.05 bits per heavy atom. The molecule has 0 aliphatic carbocycles. The van der Waals surface area contributed by atoms with Gasteiger partial charge in [0.1, 0.15) is 0 Å². The van der Waals surface area contributed by atoms with Gasteiger partial charge in [0.2, 0.25) is 10.0 Å². The van der Waals surface area contributed by atoms with Crippen molar-refractivity contribution in [3.63, 3.8) is 0 Å². The quantitative estimate of drug-likeness (QED) is 0.578. The van der Waals surface area contributed by atoms with Crippen LogP contribution in [0.5, 0.6) is 0 Å². The van der Waals surface area contributed by atoms with Crippen molar-refractivity contribution in [3.05, 3.63) is 18.2 Å². The summed E-state index contributed by atoms with van der Waals surface area (Å²) in [5.74, 6) is 0. The first-order valence-corrected chi connectivity index (χ1v) is 7.49. The Morgan fingerprint density at radius 1 is 1.42 bits per heavy atom. The molecule has 0 radical (unpaired) electrons. The summed E-state index contributed by atoms with van der Waals surface area (Å²) in [6, 6.07) is 4.41. The maximum Gasteiger partial charge on any atom is 0.240 e. The molecule has 0 aromatic heterocycles. The molecule has 0 heterocycles. The molecule has 0 bridgehead atoms. The van der Waals surface area contributed by atoms with Crippen LogP contribution in [0.4, 0.5) is 11.4 Å². The normalized spacial score (nSPS) is 14.9. The Hall–Kier alpha value is -1.31. The standard InChI is InChI=1S/C12H21N3O3S/c1-4-12(2,16)8-15-11-7-9(5-6-10(11)13)19(17,18)14-3/h5-7,14-16H,4,8,13H2,1-3H3. The van der Waals surface area contributed by atoms with Gasteiger partial charge in [-0.25, -0.2) is 13.1 Å². The second kappa shape index (κ2) is 5.77. The monoisotopic (exact) mass is 287 g/mol.